The molecule has 112 valence electrons. The Kier molecular flexibility index (Phi) is 5.50. The molecule has 1 heterocycles. The summed E-state index contributed by atoms with van der Waals surface area (Å²) < 4.78 is 13.2. The minimum absolute atomic E-state index is 0.189. The van der Waals surface area contributed by atoms with Crippen molar-refractivity contribution in [3.05, 3.63) is 34.1 Å². The zero-order chi connectivity index (χ0) is 15.4. The molecule has 1 aromatic heterocycles. The van der Waals surface area contributed by atoms with Gasteiger partial charge in [0.05, 0.1) is 15.7 Å². The molecule has 0 fully saturated rings. The van der Waals surface area contributed by atoms with Crippen LogP contribution in [0.3, 0.4) is 0 Å². The fraction of sp³-hybridized carbons (Fsp3) is 0.231. The van der Waals surface area contributed by atoms with Crippen LogP contribution in [0.1, 0.15) is 6.92 Å². The van der Waals surface area contributed by atoms with Gasteiger partial charge in [-0.25, -0.2) is 14.4 Å². The summed E-state index contributed by atoms with van der Waals surface area (Å²) in [5.41, 5.74) is 0.410. The zero-order valence-corrected chi connectivity index (χ0v) is 13.7. The van der Waals surface area contributed by atoms with Crippen LogP contribution in [0.2, 0.25) is 10.0 Å². The van der Waals surface area contributed by atoms with Crippen molar-refractivity contribution in [1.29, 1.82) is 0 Å². The predicted octanol–water partition coefficient (Wildman–Crippen LogP) is 4.82. The molecular formula is C13H13Cl2FN4S. The van der Waals surface area contributed by atoms with Crippen molar-refractivity contribution >= 4 is 52.3 Å². The summed E-state index contributed by atoms with van der Waals surface area (Å²) in [5.74, 6) is 0.728. The van der Waals surface area contributed by atoms with E-state index in [0.29, 0.717) is 22.5 Å². The summed E-state index contributed by atoms with van der Waals surface area (Å²) in [7, 11) is 0. The van der Waals surface area contributed by atoms with Crippen molar-refractivity contribution in [2.45, 2.75) is 12.1 Å². The summed E-state index contributed by atoms with van der Waals surface area (Å²) >= 11 is 13.4. The van der Waals surface area contributed by atoms with E-state index in [-0.39, 0.29) is 10.0 Å². The molecule has 21 heavy (non-hydrogen) atoms. The number of thioether (sulfide) groups is 1. The van der Waals surface area contributed by atoms with Gasteiger partial charge in [-0.3, -0.25) is 0 Å². The molecule has 1 aromatic carbocycles. The molecule has 0 amide bonds. The molecule has 0 bridgehead atoms. The topological polar surface area (TPSA) is 49.8 Å². The Balaban J connectivity index is 2.37. The number of nitrogens with zero attached hydrogens (tertiary/aromatic N) is 2. The maximum absolute atomic E-state index is 13.2. The lowest BCUT2D eigenvalue weighted by atomic mass is 10.3. The first-order chi connectivity index (χ1) is 10.0. The average Bonchev–Trinajstić information content (AvgIpc) is 2.43. The van der Waals surface area contributed by atoms with Crippen molar-refractivity contribution in [2.24, 2.45) is 0 Å². The SMILES string of the molecule is CCNc1cc(Nc2c(Cl)cc(F)cc2Cl)nc(SC)n1. The number of rotatable bonds is 5. The molecule has 0 aliphatic rings. The lowest BCUT2D eigenvalue weighted by Crippen LogP contribution is -2.04. The first kappa shape index (κ1) is 16.1. The maximum Gasteiger partial charge on any atom is 0.191 e. The molecule has 0 atom stereocenters. The van der Waals surface area contributed by atoms with Crippen LogP contribution in [0.4, 0.5) is 21.7 Å². The van der Waals surface area contributed by atoms with Gasteiger partial charge in [-0.05, 0) is 25.3 Å². The molecule has 0 aliphatic heterocycles. The van der Waals surface area contributed by atoms with Crippen molar-refractivity contribution in [2.75, 3.05) is 23.4 Å². The van der Waals surface area contributed by atoms with Gasteiger partial charge in [-0.1, -0.05) is 35.0 Å². The van der Waals surface area contributed by atoms with Crippen LogP contribution in [0.5, 0.6) is 0 Å². The Labute approximate surface area is 136 Å². The second-order valence-electron chi connectivity index (χ2n) is 4.02. The fourth-order valence-corrected chi connectivity index (χ4v) is 2.58. The quantitative estimate of drug-likeness (QED) is 0.600. The smallest absolute Gasteiger partial charge is 0.191 e. The van der Waals surface area contributed by atoms with E-state index in [4.69, 9.17) is 23.2 Å². The van der Waals surface area contributed by atoms with Gasteiger partial charge >= 0.3 is 0 Å². The minimum Gasteiger partial charge on any atom is -0.370 e. The maximum atomic E-state index is 13.2. The largest absolute Gasteiger partial charge is 0.370 e. The van der Waals surface area contributed by atoms with Crippen LogP contribution in [-0.4, -0.2) is 22.8 Å². The molecule has 0 spiro atoms. The van der Waals surface area contributed by atoms with Crippen LogP contribution in [0.15, 0.2) is 23.4 Å². The molecule has 0 unspecified atom stereocenters. The van der Waals surface area contributed by atoms with Gasteiger partial charge in [0.25, 0.3) is 0 Å². The van der Waals surface area contributed by atoms with Crippen molar-refractivity contribution in [3.63, 3.8) is 0 Å². The minimum atomic E-state index is -0.489. The van der Waals surface area contributed by atoms with Gasteiger partial charge in [0, 0.05) is 12.6 Å². The van der Waals surface area contributed by atoms with E-state index in [1.807, 2.05) is 13.2 Å². The van der Waals surface area contributed by atoms with E-state index < -0.39 is 5.82 Å². The Hall–Kier alpha value is -1.24. The molecule has 2 aromatic rings. The van der Waals surface area contributed by atoms with Gasteiger partial charge in [0.2, 0.25) is 0 Å². The third-order valence-electron chi connectivity index (χ3n) is 2.51. The lowest BCUT2D eigenvalue weighted by molar-refractivity contribution is 0.628. The predicted molar refractivity (Wildman–Crippen MR) is 87.7 cm³/mol. The van der Waals surface area contributed by atoms with Crippen molar-refractivity contribution < 1.29 is 4.39 Å². The van der Waals surface area contributed by atoms with E-state index in [1.54, 1.807) is 6.07 Å². The summed E-state index contributed by atoms with van der Waals surface area (Å²) in [5, 5.41) is 7.10. The summed E-state index contributed by atoms with van der Waals surface area (Å²) in [6.45, 7) is 2.71. The third kappa shape index (κ3) is 4.12. The van der Waals surface area contributed by atoms with Crippen LogP contribution in [0, 0.1) is 5.82 Å². The highest BCUT2D eigenvalue weighted by atomic mass is 35.5. The van der Waals surface area contributed by atoms with E-state index in [0.717, 1.165) is 6.54 Å². The van der Waals surface area contributed by atoms with Gasteiger partial charge in [-0.15, -0.1) is 0 Å². The number of halogens is 3. The highest BCUT2D eigenvalue weighted by Gasteiger charge is 2.11. The number of anilines is 3. The number of hydrogen-bond acceptors (Lipinski definition) is 5. The molecule has 8 heteroatoms. The standard InChI is InChI=1S/C13H13Cl2FN4S/c1-3-17-10-6-11(20-13(19-10)21-2)18-12-8(14)4-7(16)5-9(12)15/h4-6H,3H2,1-2H3,(H2,17,18,19,20). The Morgan fingerprint density at radius 2 is 1.76 bits per heavy atom. The molecule has 0 radical (unpaired) electrons. The van der Waals surface area contributed by atoms with E-state index >= 15 is 0 Å². The van der Waals surface area contributed by atoms with Crippen LogP contribution in [-0.2, 0) is 0 Å². The second kappa shape index (κ2) is 7.15. The number of aromatic nitrogens is 2. The highest BCUT2D eigenvalue weighted by Crippen LogP contribution is 2.34. The Bertz CT molecular complexity index is 631. The molecule has 2 N–H and O–H groups in total. The van der Waals surface area contributed by atoms with Gasteiger partial charge in [0.1, 0.15) is 17.5 Å². The summed E-state index contributed by atoms with van der Waals surface area (Å²) in [6, 6.07) is 4.12. The molecule has 4 nitrogen and oxygen atoms in total. The molecule has 2 rings (SSSR count). The Morgan fingerprint density at radius 3 is 2.33 bits per heavy atom. The average molecular weight is 347 g/mol. The fourth-order valence-electron chi connectivity index (χ4n) is 1.64. The first-order valence-electron chi connectivity index (χ1n) is 6.12. The third-order valence-corrected chi connectivity index (χ3v) is 3.65. The zero-order valence-electron chi connectivity index (χ0n) is 11.4. The molecule has 0 saturated carbocycles. The van der Waals surface area contributed by atoms with E-state index in [9.17, 15) is 4.39 Å². The first-order valence-corrected chi connectivity index (χ1v) is 8.10. The van der Waals surface area contributed by atoms with Crippen LogP contribution < -0.4 is 10.6 Å². The normalized spacial score (nSPS) is 10.5. The van der Waals surface area contributed by atoms with E-state index in [1.165, 1.54) is 23.9 Å². The van der Waals surface area contributed by atoms with Gasteiger partial charge < -0.3 is 10.6 Å². The number of nitrogens with one attached hydrogen (secondary N) is 2. The molecule has 0 aliphatic carbocycles. The number of hydrogen-bond donors (Lipinski definition) is 2. The lowest BCUT2D eigenvalue weighted by Gasteiger charge is -2.12. The van der Waals surface area contributed by atoms with E-state index in [2.05, 4.69) is 20.6 Å². The summed E-state index contributed by atoms with van der Waals surface area (Å²) in [6.07, 6.45) is 1.88. The summed E-state index contributed by atoms with van der Waals surface area (Å²) in [4.78, 5) is 8.64. The molecular weight excluding hydrogens is 334 g/mol. The highest BCUT2D eigenvalue weighted by molar-refractivity contribution is 7.98. The molecule has 0 saturated heterocycles. The van der Waals surface area contributed by atoms with Crippen LogP contribution in [0.25, 0.3) is 0 Å². The Morgan fingerprint density at radius 1 is 1.14 bits per heavy atom. The van der Waals surface area contributed by atoms with Crippen molar-refractivity contribution in [1.82, 2.24) is 9.97 Å². The van der Waals surface area contributed by atoms with Gasteiger partial charge in [0.15, 0.2) is 5.16 Å². The van der Waals surface area contributed by atoms with Crippen molar-refractivity contribution in [3.8, 4) is 0 Å². The van der Waals surface area contributed by atoms with Gasteiger partial charge in [-0.2, -0.15) is 0 Å². The number of benzene rings is 1. The monoisotopic (exact) mass is 346 g/mol. The van der Waals surface area contributed by atoms with Crippen LogP contribution >= 0.6 is 35.0 Å². The second-order valence-corrected chi connectivity index (χ2v) is 5.61.